The topological polar surface area (TPSA) is 52.6 Å². The maximum absolute atomic E-state index is 11.1. The van der Waals surface area contributed by atoms with E-state index in [1.54, 1.807) is 27.7 Å². The highest BCUT2D eigenvalue weighted by Crippen LogP contribution is 2.14. The zero-order valence-corrected chi connectivity index (χ0v) is 8.42. The van der Waals surface area contributed by atoms with E-state index in [0.717, 1.165) is 0 Å². The van der Waals surface area contributed by atoms with Crippen LogP contribution in [0.1, 0.15) is 34.1 Å². The lowest BCUT2D eigenvalue weighted by atomic mass is 10.1. The number of carbonyl (C=O) groups excluding carboxylic acids is 2. The fraction of sp³-hybridized carbons (Fsp3) is 0.778. The molecule has 0 spiro atoms. The minimum absolute atomic E-state index is 0.0421. The molecule has 0 bridgehead atoms. The minimum atomic E-state index is -0.840. The van der Waals surface area contributed by atoms with Gasteiger partial charge in [0.25, 0.3) is 0 Å². The van der Waals surface area contributed by atoms with Crippen molar-refractivity contribution in [2.24, 2.45) is 0 Å². The molecule has 13 heavy (non-hydrogen) atoms. The molecule has 0 rings (SSSR count). The Balaban J connectivity index is 3.96. The molecule has 0 saturated carbocycles. The Kier molecular flexibility index (Phi) is 4.45. The molecule has 4 heteroatoms. The van der Waals surface area contributed by atoms with E-state index in [0.29, 0.717) is 0 Å². The summed E-state index contributed by atoms with van der Waals surface area (Å²) in [4.78, 5) is 21.0. The maximum atomic E-state index is 11.1. The van der Waals surface area contributed by atoms with Gasteiger partial charge in [0.05, 0.1) is 12.5 Å². The van der Waals surface area contributed by atoms with Crippen LogP contribution in [0, 0.1) is 0 Å². The van der Waals surface area contributed by atoms with Gasteiger partial charge in [-0.25, -0.2) is 4.79 Å². The van der Waals surface area contributed by atoms with E-state index in [1.165, 1.54) is 6.47 Å². The molecule has 0 aliphatic rings. The van der Waals surface area contributed by atoms with Gasteiger partial charge < -0.3 is 9.47 Å². The molecular weight excluding hydrogens is 172 g/mol. The SMILES string of the molecule is CC(C)OC(=O)CC(C)(C)O[C]=O. The van der Waals surface area contributed by atoms with Gasteiger partial charge in [-0.1, -0.05) is 0 Å². The predicted octanol–water partition coefficient (Wildman–Crippen LogP) is 1.19. The van der Waals surface area contributed by atoms with Crippen LogP contribution in [0.2, 0.25) is 0 Å². The second kappa shape index (κ2) is 4.84. The Bertz CT molecular complexity index is 184. The van der Waals surface area contributed by atoms with Crippen LogP contribution < -0.4 is 0 Å². The summed E-state index contributed by atoms with van der Waals surface area (Å²) in [6.45, 7) is 8.08. The van der Waals surface area contributed by atoms with Crippen LogP contribution in [-0.2, 0) is 19.1 Å². The van der Waals surface area contributed by atoms with Gasteiger partial charge in [-0.15, -0.1) is 0 Å². The Morgan fingerprint density at radius 2 is 2.00 bits per heavy atom. The van der Waals surface area contributed by atoms with Gasteiger partial charge in [-0.05, 0) is 27.7 Å². The molecule has 0 N–H and O–H groups in total. The first-order valence-corrected chi connectivity index (χ1v) is 4.12. The van der Waals surface area contributed by atoms with Crippen LogP contribution in [0.25, 0.3) is 0 Å². The summed E-state index contributed by atoms with van der Waals surface area (Å²) >= 11 is 0. The monoisotopic (exact) mass is 187 g/mol. The van der Waals surface area contributed by atoms with Crippen LogP contribution in [0.15, 0.2) is 0 Å². The van der Waals surface area contributed by atoms with Gasteiger partial charge in [0, 0.05) is 0 Å². The molecule has 1 radical (unpaired) electrons. The molecule has 75 valence electrons. The van der Waals surface area contributed by atoms with Crippen LogP contribution in [0.4, 0.5) is 0 Å². The highest BCUT2D eigenvalue weighted by Gasteiger charge is 2.24. The molecule has 0 atom stereocenters. The maximum Gasteiger partial charge on any atom is 0.418 e. The summed E-state index contributed by atoms with van der Waals surface area (Å²) in [7, 11) is 0. The van der Waals surface area contributed by atoms with Gasteiger partial charge in [0.1, 0.15) is 5.60 Å². The zero-order valence-electron chi connectivity index (χ0n) is 8.42. The summed E-state index contributed by atoms with van der Waals surface area (Å²) in [5, 5.41) is 0. The third-order valence-corrected chi connectivity index (χ3v) is 1.26. The third kappa shape index (κ3) is 6.13. The minimum Gasteiger partial charge on any atom is -0.463 e. The predicted molar refractivity (Wildman–Crippen MR) is 46.7 cm³/mol. The van der Waals surface area contributed by atoms with Crippen LogP contribution in [-0.4, -0.2) is 24.1 Å². The molecule has 0 fully saturated rings. The van der Waals surface area contributed by atoms with Crippen molar-refractivity contribution in [1.29, 1.82) is 0 Å². The summed E-state index contributed by atoms with van der Waals surface area (Å²) in [6.07, 6.45) is -0.107. The molecular formula is C9H15O4. The Morgan fingerprint density at radius 3 is 2.38 bits per heavy atom. The standard InChI is InChI=1S/C9H15O4/c1-7(2)13-8(11)5-9(3,4)12-6-10/h7H,5H2,1-4H3. The van der Waals surface area contributed by atoms with Gasteiger partial charge in [-0.2, -0.15) is 0 Å². The van der Waals surface area contributed by atoms with Crippen molar-refractivity contribution in [3.63, 3.8) is 0 Å². The summed E-state index contributed by atoms with van der Waals surface area (Å²) in [5.41, 5.74) is -0.840. The molecule has 4 nitrogen and oxygen atoms in total. The zero-order chi connectivity index (χ0) is 10.5. The third-order valence-electron chi connectivity index (χ3n) is 1.26. The molecule has 0 saturated heterocycles. The lowest BCUT2D eigenvalue weighted by molar-refractivity contribution is -0.151. The number of carbonyl (C=O) groups is 1. The Hall–Kier alpha value is -1.06. The van der Waals surface area contributed by atoms with Crippen molar-refractivity contribution < 1.29 is 19.1 Å². The van der Waals surface area contributed by atoms with Gasteiger partial charge in [0.15, 0.2) is 0 Å². The Morgan fingerprint density at radius 1 is 1.46 bits per heavy atom. The normalized spacial score (nSPS) is 11.2. The van der Waals surface area contributed by atoms with Gasteiger partial charge in [0.2, 0.25) is 0 Å². The van der Waals surface area contributed by atoms with Crippen molar-refractivity contribution in [3.05, 3.63) is 0 Å². The van der Waals surface area contributed by atoms with E-state index in [1.807, 2.05) is 0 Å². The van der Waals surface area contributed by atoms with Crippen molar-refractivity contribution in [2.45, 2.75) is 45.8 Å². The smallest absolute Gasteiger partial charge is 0.418 e. The van der Waals surface area contributed by atoms with E-state index in [9.17, 15) is 9.59 Å². The van der Waals surface area contributed by atoms with E-state index < -0.39 is 5.60 Å². The molecule has 0 amide bonds. The lowest BCUT2D eigenvalue weighted by Crippen LogP contribution is -2.29. The largest absolute Gasteiger partial charge is 0.463 e. The molecule has 0 aromatic rings. The average molecular weight is 187 g/mol. The van der Waals surface area contributed by atoms with Crippen LogP contribution >= 0.6 is 0 Å². The number of rotatable bonds is 5. The quantitative estimate of drug-likeness (QED) is 0.607. The highest BCUT2D eigenvalue weighted by molar-refractivity contribution is 5.71. The highest BCUT2D eigenvalue weighted by atomic mass is 16.6. The van der Waals surface area contributed by atoms with Gasteiger partial charge in [-0.3, -0.25) is 4.79 Å². The van der Waals surface area contributed by atoms with E-state index in [-0.39, 0.29) is 18.5 Å². The van der Waals surface area contributed by atoms with Crippen LogP contribution in [0.5, 0.6) is 0 Å². The van der Waals surface area contributed by atoms with E-state index >= 15 is 0 Å². The second-order valence-electron chi connectivity index (χ2n) is 3.66. The molecule has 0 aliphatic heterocycles. The lowest BCUT2D eigenvalue weighted by Gasteiger charge is -2.21. The first-order chi connectivity index (χ1) is 5.87. The second-order valence-corrected chi connectivity index (χ2v) is 3.66. The van der Waals surface area contributed by atoms with Gasteiger partial charge >= 0.3 is 12.4 Å². The number of esters is 1. The van der Waals surface area contributed by atoms with Crippen molar-refractivity contribution >= 4 is 12.4 Å². The number of ether oxygens (including phenoxy) is 2. The summed E-state index contributed by atoms with van der Waals surface area (Å²) in [5.74, 6) is -0.379. The fourth-order valence-corrected chi connectivity index (χ4v) is 0.801. The molecule has 0 aromatic heterocycles. The molecule has 0 aliphatic carbocycles. The fourth-order valence-electron chi connectivity index (χ4n) is 0.801. The van der Waals surface area contributed by atoms with Crippen molar-refractivity contribution in [1.82, 2.24) is 0 Å². The summed E-state index contributed by atoms with van der Waals surface area (Å²) in [6, 6.07) is 0. The van der Waals surface area contributed by atoms with Crippen molar-refractivity contribution in [2.75, 3.05) is 0 Å². The Labute approximate surface area is 78.2 Å². The van der Waals surface area contributed by atoms with Crippen molar-refractivity contribution in [3.8, 4) is 0 Å². The molecule has 0 heterocycles. The van der Waals surface area contributed by atoms with Crippen LogP contribution in [0.3, 0.4) is 0 Å². The average Bonchev–Trinajstić information content (AvgIpc) is 1.81. The summed E-state index contributed by atoms with van der Waals surface area (Å²) < 4.78 is 9.46. The molecule has 0 aromatic carbocycles. The first-order valence-electron chi connectivity index (χ1n) is 4.12. The first kappa shape index (κ1) is 11.9. The van der Waals surface area contributed by atoms with E-state index in [4.69, 9.17) is 4.74 Å². The number of hydrogen-bond donors (Lipinski definition) is 0. The van der Waals surface area contributed by atoms with E-state index in [2.05, 4.69) is 4.74 Å². The molecule has 0 unspecified atom stereocenters. The number of hydrogen-bond acceptors (Lipinski definition) is 4.